The number of aromatic nitrogens is 3. The minimum Gasteiger partial charge on any atom is -0.465 e. The number of carbonyl (C=O) groups is 2. The van der Waals surface area contributed by atoms with Gasteiger partial charge in [0.1, 0.15) is 0 Å². The molecule has 0 radical (unpaired) electrons. The quantitative estimate of drug-likeness (QED) is 0.596. The SMILES string of the molecule is O=C(Nc1cnccn1)Nc1ccnc2cc(N3CC4CCN(C(=O)O)C4C3)ccc12. The molecule has 31 heavy (non-hydrogen) atoms. The topological polar surface area (TPSA) is 124 Å². The molecule has 0 spiro atoms. The van der Waals surface area contributed by atoms with Crippen molar-refractivity contribution >= 4 is 40.2 Å². The van der Waals surface area contributed by atoms with E-state index < -0.39 is 12.1 Å². The Bertz CT molecular complexity index is 1140. The van der Waals surface area contributed by atoms with Crippen LogP contribution in [0.15, 0.2) is 49.1 Å². The van der Waals surface area contributed by atoms with Crippen LogP contribution >= 0.6 is 0 Å². The monoisotopic (exact) mass is 419 g/mol. The normalized spacial score (nSPS) is 20.0. The van der Waals surface area contributed by atoms with Gasteiger partial charge >= 0.3 is 12.1 Å². The molecule has 2 aliphatic heterocycles. The Hall–Kier alpha value is -3.95. The summed E-state index contributed by atoms with van der Waals surface area (Å²) in [7, 11) is 0. The number of fused-ring (bicyclic) bond motifs is 2. The summed E-state index contributed by atoms with van der Waals surface area (Å²) in [5.41, 5.74) is 2.39. The molecule has 3 aromatic rings. The molecule has 158 valence electrons. The highest BCUT2D eigenvalue weighted by molar-refractivity contribution is 6.05. The van der Waals surface area contributed by atoms with E-state index in [1.54, 1.807) is 17.2 Å². The first-order valence-corrected chi connectivity index (χ1v) is 10.1. The fourth-order valence-corrected chi connectivity index (χ4v) is 4.49. The molecular formula is C21H21N7O3. The van der Waals surface area contributed by atoms with Crippen LogP contribution in [0.4, 0.5) is 26.8 Å². The van der Waals surface area contributed by atoms with Gasteiger partial charge in [-0.15, -0.1) is 0 Å². The molecule has 2 unspecified atom stereocenters. The zero-order valence-electron chi connectivity index (χ0n) is 16.6. The lowest BCUT2D eigenvalue weighted by Crippen LogP contribution is -2.38. The number of nitrogens with zero attached hydrogens (tertiary/aromatic N) is 5. The van der Waals surface area contributed by atoms with E-state index in [4.69, 9.17) is 0 Å². The first-order chi connectivity index (χ1) is 15.1. The van der Waals surface area contributed by atoms with Gasteiger partial charge in [-0.2, -0.15) is 0 Å². The molecular weight excluding hydrogens is 398 g/mol. The average molecular weight is 419 g/mol. The van der Waals surface area contributed by atoms with E-state index in [1.807, 2.05) is 18.2 Å². The van der Waals surface area contributed by atoms with E-state index in [2.05, 4.69) is 30.5 Å². The fourth-order valence-electron chi connectivity index (χ4n) is 4.49. The molecule has 0 aliphatic carbocycles. The Balaban J connectivity index is 1.33. The van der Waals surface area contributed by atoms with Crippen LogP contribution in [0.1, 0.15) is 6.42 Å². The van der Waals surface area contributed by atoms with Crippen molar-refractivity contribution in [2.45, 2.75) is 12.5 Å². The predicted octanol–water partition coefficient (Wildman–Crippen LogP) is 2.86. The minimum absolute atomic E-state index is 0.0407. The standard InChI is InChI=1S/C21H21N7O3/c29-20(26-19-10-22-6-7-24-19)25-16-3-5-23-17-9-14(1-2-15(16)17)27-11-13-4-8-28(21(30)31)18(13)12-27/h1-3,5-7,9-10,13,18H,4,8,11-12H2,(H,30,31)(H2,23,24,25,26,29). The van der Waals surface area contributed by atoms with Gasteiger partial charge in [0.2, 0.25) is 0 Å². The van der Waals surface area contributed by atoms with Gasteiger partial charge in [0.25, 0.3) is 0 Å². The van der Waals surface area contributed by atoms with E-state index in [0.717, 1.165) is 29.6 Å². The fraction of sp³-hybridized carbons (Fsp3) is 0.286. The summed E-state index contributed by atoms with van der Waals surface area (Å²) in [6, 6.07) is 7.26. The molecule has 0 saturated carbocycles. The number of anilines is 3. The number of pyridine rings is 1. The third-order valence-corrected chi connectivity index (χ3v) is 5.94. The summed E-state index contributed by atoms with van der Waals surface area (Å²) >= 11 is 0. The first-order valence-electron chi connectivity index (χ1n) is 10.1. The van der Waals surface area contributed by atoms with Crippen molar-refractivity contribution in [2.24, 2.45) is 5.92 Å². The lowest BCUT2D eigenvalue weighted by molar-refractivity contribution is 0.140. The van der Waals surface area contributed by atoms with E-state index in [1.165, 1.54) is 18.6 Å². The van der Waals surface area contributed by atoms with Crippen LogP contribution in [-0.2, 0) is 0 Å². The number of likely N-dealkylation sites (tertiary alicyclic amines) is 1. The lowest BCUT2D eigenvalue weighted by Gasteiger charge is -2.23. The van der Waals surface area contributed by atoms with Crippen molar-refractivity contribution in [2.75, 3.05) is 35.2 Å². The van der Waals surface area contributed by atoms with Crippen LogP contribution in [-0.4, -0.2) is 62.8 Å². The van der Waals surface area contributed by atoms with Gasteiger partial charge in [-0.05, 0) is 30.7 Å². The minimum atomic E-state index is -0.843. The van der Waals surface area contributed by atoms with Gasteiger partial charge in [0.15, 0.2) is 5.82 Å². The second-order valence-corrected chi connectivity index (χ2v) is 7.73. The number of hydrogen-bond acceptors (Lipinski definition) is 6. The van der Waals surface area contributed by atoms with Crippen molar-refractivity contribution in [3.8, 4) is 0 Å². The second-order valence-electron chi connectivity index (χ2n) is 7.73. The van der Waals surface area contributed by atoms with Crippen LogP contribution in [0.3, 0.4) is 0 Å². The smallest absolute Gasteiger partial charge is 0.407 e. The van der Waals surface area contributed by atoms with Crippen LogP contribution in [0.5, 0.6) is 0 Å². The molecule has 2 aliphatic rings. The van der Waals surface area contributed by atoms with Crippen LogP contribution < -0.4 is 15.5 Å². The van der Waals surface area contributed by atoms with Crippen molar-refractivity contribution < 1.29 is 14.7 Å². The molecule has 3 N–H and O–H groups in total. The number of carboxylic acid groups (broad SMARTS) is 1. The summed E-state index contributed by atoms with van der Waals surface area (Å²) in [5, 5.41) is 15.7. The van der Waals surface area contributed by atoms with E-state index >= 15 is 0 Å². The summed E-state index contributed by atoms with van der Waals surface area (Å²) in [6.45, 7) is 2.13. The maximum Gasteiger partial charge on any atom is 0.407 e. The number of rotatable bonds is 3. The summed E-state index contributed by atoms with van der Waals surface area (Å²) in [6.07, 6.45) is 6.20. The van der Waals surface area contributed by atoms with Crippen molar-refractivity contribution in [1.29, 1.82) is 0 Å². The molecule has 5 rings (SSSR count). The Kier molecular flexibility index (Phi) is 4.73. The summed E-state index contributed by atoms with van der Waals surface area (Å²) in [4.78, 5) is 40.0. The highest BCUT2D eigenvalue weighted by Crippen LogP contribution is 2.35. The maximum absolute atomic E-state index is 12.3. The Labute approximate surface area is 177 Å². The van der Waals surface area contributed by atoms with Gasteiger partial charge in [0, 0.05) is 55.2 Å². The van der Waals surface area contributed by atoms with Crippen LogP contribution in [0.25, 0.3) is 10.9 Å². The number of urea groups is 1. The number of nitrogens with one attached hydrogen (secondary N) is 2. The molecule has 10 heteroatoms. The van der Waals surface area contributed by atoms with Crippen LogP contribution in [0.2, 0.25) is 0 Å². The molecule has 2 fully saturated rings. The van der Waals surface area contributed by atoms with Crippen LogP contribution in [0, 0.1) is 5.92 Å². The molecule has 2 aromatic heterocycles. The Morgan fingerprint density at radius 1 is 1.06 bits per heavy atom. The molecule has 2 atom stereocenters. The molecule has 3 amide bonds. The molecule has 4 heterocycles. The third kappa shape index (κ3) is 3.67. The lowest BCUT2D eigenvalue weighted by atomic mass is 10.1. The Morgan fingerprint density at radius 3 is 2.77 bits per heavy atom. The molecule has 0 bridgehead atoms. The third-order valence-electron chi connectivity index (χ3n) is 5.94. The molecule has 10 nitrogen and oxygen atoms in total. The molecule has 1 aromatic carbocycles. The number of amides is 3. The largest absolute Gasteiger partial charge is 0.465 e. The second kappa shape index (κ2) is 7.71. The predicted molar refractivity (Wildman–Crippen MR) is 115 cm³/mol. The zero-order valence-corrected chi connectivity index (χ0v) is 16.6. The van der Waals surface area contributed by atoms with Gasteiger partial charge in [-0.3, -0.25) is 15.3 Å². The molecule has 2 saturated heterocycles. The van der Waals surface area contributed by atoms with E-state index in [9.17, 15) is 14.7 Å². The van der Waals surface area contributed by atoms with Gasteiger partial charge in [0.05, 0.1) is 23.4 Å². The average Bonchev–Trinajstić information content (AvgIpc) is 3.35. The highest BCUT2D eigenvalue weighted by Gasteiger charge is 2.43. The van der Waals surface area contributed by atoms with Crippen molar-refractivity contribution in [3.63, 3.8) is 0 Å². The van der Waals surface area contributed by atoms with Crippen molar-refractivity contribution in [1.82, 2.24) is 19.9 Å². The number of hydrogen-bond donors (Lipinski definition) is 3. The zero-order chi connectivity index (χ0) is 21.4. The first kappa shape index (κ1) is 19.0. The number of benzene rings is 1. The van der Waals surface area contributed by atoms with E-state index in [0.29, 0.717) is 30.5 Å². The summed E-state index contributed by atoms with van der Waals surface area (Å²) < 4.78 is 0. The highest BCUT2D eigenvalue weighted by atomic mass is 16.4. The summed E-state index contributed by atoms with van der Waals surface area (Å²) in [5.74, 6) is 0.716. The maximum atomic E-state index is 12.3. The van der Waals surface area contributed by atoms with Gasteiger partial charge < -0.3 is 20.2 Å². The van der Waals surface area contributed by atoms with Gasteiger partial charge in [-0.1, -0.05) is 0 Å². The Morgan fingerprint density at radius 2 is 1.97 bits per heavy atom. The van der Waals surface area contributed by atoms with Crippen molar-refractivity contribution in [3.05, 3.63) is 49.1 Å². The number of carbonyl (C=O) groups excluding carboxylic acids is 1. The van der Waals surface area contributed by atoms with E-state index in [-0.39, 0.29) is 6.04 Å². The van der Waals surface area contributed by atoms with Gasteiger partial charge in [-0.25, -0.2) is 14.6 Å².